The normalized spacial score (nSPS) is 20.3. The van der Waals surface area contributed by atoms with Gasteiger partial charge in [0, 0.05) is 11.1 Å². The minimum absolute atomic E-state index is 0.152. The van der Waals surface area contributed by atoms with E-state index in [-0.39, 0.29) is 12.3 Å². The maximum atomic E-state index is 12.2. The van der Waals surface area contributed by atoms with Gasteiger partial charge in [-0.2, -0.15) is 0 Å². The molecule has 0 radical (unpaired) electrons. The van der Waals surface area contributed by atoms with Gasteiger partial charge >= 0.3 is 0 Å². The van der Waals surface area contributed by atoms with Crippen LogP contribution in [0.1, 0.15) is 44.9 Å². The lowest BCUT2D eigenvalue weighted by Gasteiger charge is -2.22. The third-order valence-corrected chi connectivity index (χ3v) is 4.45. The quantitative estimate of drug-likeness (QED) is 0.779. The summed E-state index contributed by atoms with van der Waals surface area (Å²) in [5, 5.41) is 17.2. The molecule has 21 heavy (non-hydrogen) atoms. The Morgan fingerprint density at radius 2 is 2.00 bits per heavy atom. The smallest absolute Gasteiger partial charge is 0.227 e. The van der Waals surface area contributed by atoms with Gasteiger partial charge in [-0.15, -0.1) is 0 Å². The van der Waals surface area contributed by atoms with E-state index in [9.17, 15) is 9.90 Å². The number of carbonyl (C=O) groups is 1. The number of halogens is 1. The highest BCUT2D eigenvalue weighted by Crippen LogP contribution is 2.34. The first-order chi connectivity index (χ1) is 10.0. The van der Waals surface area contributed by atoms with Gasteiger partial charge in [0.05, 0.1) is 23.4 Å². The lowest BCUT2D eigenvalue weighted by atomic mass is 9.97. The molecule has 0 bridgehead atoms. The molecule has 3 N–H and O–H groups in total. The van der Waals surface area contributed by atoms with Gasteiger partial charge in [-0.1, -0.05) is 24.4 Å². The molecule has 2 saturated carbocycles. The molecule has 0 spiro atoms. The second-order valence-corrected chi connectivity index (χ2v) is 6.70. The highest BCUT2D eigenvalue weighted by Gasteiger charge is 2.33. The van der Waals surface area contributed by atoms with Crippen molar-refractivity contribution in [1.82, 2.24) is 0 Å². The van der Waals surface area contributed by atoms with E-state index in [0.29, 0.717) is 29.6 Å². The lowest BCUT2D eigenvalue weighted by molar-refractivity contribution is -0.120. The predicted octanol–water partition coefficient (Wildman–Crippen LogP) is 3.55. The minimum Gasteiger partial charge on any atom is -0.389 e. The van der Waals surface area contributed by atoms with Crippen LogP contribution in [0.4, 0.5) is 11.4 Å². The molecule has 4 nitrogen and oxygen atoms in total. The number of carbonyl (C=O) groups excluding carboxylic acids is 1. The second kappa shape index (κ2) is 5.85. The second-order valence-electron chi connectivity index (χ2n) is 6.26. The lowest BCUT2D eigenvalue weighted by Crippen LogP contribution is -2.30. The molecule has 1 aromatic rings. The highest BCUT2D eigenvalue weighted by atomic mass is 35.5. The summed E-state index contributed by atoms with van der Waals surface area (Å²) in [5.41, 5.74) is 0.766. The standard InChI is InChI=1S/C16H21ClN2O2/c17-11-3-6-13(18-12-4-5-12)14(9-11)19-15(20)10-16(21)7-1-2-8-16/h3,6,9,12,18,21H,1-2,4-5,7-8,10H2,(H,19,20). The van der Waals surface area contributed by atoms with Gasteiger partial charge in [0.15, 0.2) is 0 Å². The molecule has 3 rings (SSSR count). The number of nitrogens with one attached hydrogen (secondary N) is 2. The summed E-state index contributed by atoms with van der Waals surface area (Å²) in [7, 11) is 0. The summed E-state index contributed by atoms with van der Waals surface area (Å²) in [6.45, 7) is 0. The van der Waals surface area contributed by atoms with Gasteiger partial charge in [0.2, 0.25) is 5.91 Å². The van der Waals surface area contributed by atoms with E-state index in [2.05, 4.69) is 10.6 Å². The third-order valence-electron chi connectivity index (χ3n) is 4.22. The zero-order chi connectivity index (χ0) is 14.9. The maximum absolute atomic E-state index is 12.2. The SMILES string of the molecule is O=C(CC1(O)CCCC1)Nc1cc(Cl)ccc1NC1CC1. The van der Waals surface area contributed by atoms with Crippen molar-refractivity contribution in [2.45, 2.75) is 56.6 Å². The summed E-state index contributed by atoms with van der Waals surface area (Å²) < 4.78 is 0. The van der Waals surface area contributed by atoms with Crippen LogP contribution in [0.3, 0.4) is 0 Å². The summed E-state index contributed by atoms with van der Waals surface area (Å²) in [5.74, 6) is -0.152. The van der Waals surface area contributed by atoms with E-state index in [4.69, 9.17) is 11.6 Å². The van der Waals surface area contributed by atoms with E-state index in [1.165, 1.54) is 0 Å². The van der Waals surface area contributed by atoms with E-state index in [0.717, 1.165) is 31.4 Å². The van der Waals surface area contributed by atoms with Crippen molar-refractivity contribution < 1.29 is 9.90 Å². The predicted molar refractivity (Wildman–Crippen MR) is 84.8 cm³/mol. The zero-order valence-corrected chi connectivity index (χ0v) is 12.7. The van der Waals surface area contributed by atoms with Crippen molar-refractivity contribution in [2.75, 3.05) is 10.6 Å². The molecule has 5 heteroatoms. The van der Waals surface area contributed by atoms with Crippen LogP contribution in [0, 0.1) is 0 Å². The Morgan fingerprint density at radius 1 is 1.29 bits per heavy atom. The topological polar surface area (TPSA) is 61.4 Å². The Bertz CT molecular complexity index is 537. The van der Waals surface area contributed by atoms with Crippen LogP contribution >= 0.6 is 11.6 Å². The molecule has 2 fully saturated rings. The summed E-state index contributed by atoms with van der Waals surface area (Å²) in [6.07, 6.45) is 5.89. The number of benzene rings is 1. The third kappa shape index (κ3) is 3.89. The van der Waals surface area contributed by atoms with Crippen LogP contribution in [0.25, 0.3) is 0 Å². The van der Waals surface area contributed by atoms with Crippen molar-refractivity contribution >= 4 is 28.9 Å². The van der Waals surface area contributed by atoms with E-state index < -0.39 is 5.60 Å². The van der Waals surface area contributed by atoms with Crippen molar-refractivity contribution in [1.29, 1.82) is 0 Å². The monoisotopic (exact) mass is 308 g/mol. The molecule has 2 aliphatic carbocycles. The maximum Gasteiger partial charge on any atom is 0.227 e. The number of amides is 1. The molecular weight excluding hydrogens is 288 g/mol. The number of aliphatic hydroxyl groups is 1. The molecular formula is C16H21ClN2O2. The first-order valence-corrected chi connectivity index (χ1v) is 8.00. The average molecular weight is 309 g/mol. The first-order valence-electron chi connectivity index (χ1n) is 7.62. The Hall–Kier alpha value is -1.26. The molecule has 0 aliphatic heterocycles. The summed E-state index contributed by atoms with van der Waals surface area (Å²) in [6, 6.07) is 5.95. The van der Waals surface area contributed by atoms with E-state index >= 15 is 0 Å². The first kappa shape index (κ1) is 14.7. The fourth-order valence-electron chi connectivity index (χ4n) is 2.90. The van der Waals surface area contributed by atoms with Gasteiger partial charge in [0.1, 0.15) is 0 Å². The van der Waals surface area contributed by atoms with E-state index in [1.54, 1.807) is 6.07 Å². The van der Waals surface area contributed by atoms with Crippen LogP contribution < -0.4 is 10.6 Å². The van der Waals surface area contributed by atoms with Crippen LogP contribution in [0.5, 0.6) is 0 Å². The summed E-state index contributed by atoms with van der Waals surface area (Å²) in [4.78, 5) is 12.2. The Labute approximate surface area is 129 Å². The van der Waals surface area contributed by atoms with Gasteiger partial charge in [-0.05, 0) is 43.9 Å². The minimum atomic E-state index is -0.827. The molecule has 0 atom stereocenters. The highest BCUT2D eigenvalue weighted by molar-refractivity contribution is 6.31. The summed E-state index contributed by atoms with van der Waals surface area (Å²) >= 11 is 6.02. The van der Waals surface area contributed by atoms with Crippen LogP contribution in [-0.4, -0.2) is 22.7 Å². The Kier molecular flexibility index (Phi) is 4.09. The van der Waals surface area contributed by atoms with Gasteiger partial charge in [0.25, 0.3) is 0 Å². The number of rotatable bonds is 5. The van der Waals surface area contributed by atoms with Crippen molar-refractivity contribution in [3.05, 3.63) is 23.2 Å². The number of anilines is 2. The fraction of sp³-hybridized carbons (Fsp3) is 0.562. The van der Waals surface area contributed by atoms with Crippen molar-refractivity contribution in [3.63, 3.8) is 0 Å². The Morgan fingerprint density at radius 3 is 2.67 bits per heavy atom. The van der Waals surface area contributed by atoms with Crippen molar-refractivity contribution in [3.8, 4) is 0 Å². The zero-order valence-electron chi connectivity index (χ0n) is 12.0. The molecule has 114 valence electrons. The molecule has 2 aliphatic rings. The van der Waals surface area contributed by atoms with Crippen LogP contribution in [0.15, 0.2) is 18.2 Å². The molecule has 0 heterocycles. The van der Waals surface area contributed by atoms with Crippen LogP contribution in [-0.2, 0) is 4.79 Å². The molecule has 0 saturated heterocycles. The Balaban J connectivity index is 1.67. The largest absolute Gasteiger partial charge is 0.389 e. The number of hydrogen-bond donors (Lipinski definition) is 3. The molecule has 1 amide bonds. The number of hydrogen-bond acceptors (Lipinski definition) is 3. The van der Waals surface area contributed by atoms with Gasteiger partial charge in [-0.3, -0.25) is 4.79 Å². The molecule has 0 unspecified atom stereocenters. The van der Waals surface area contributed by atoms with Crippen LogP contribution in [0.2, 0.25) is 5.02 Å². The fourth-order valence-corrected chi connectivity index (χ4v) is 3.07. The van der Waals surface area contributed by atoms with E-state index in [1.807, 2.05) is 12.1 Å². The van der Waals surface area contributed by atoms with Gasteiger partial charge < -0.3 is 15.7 Å². The average Bonchev–Trinajstić information content (AvgIpc) is 3.13. The molecule has 1 aromatic carbocycles. The molecule has 0 aromatic heterocycles. The van der Waals surface area contributed by atoms with Gasteiger partial charge in [-0.25, -0.2) is 0 Å². The van der Waals surface area contributed by atoms with Crippen molar-refractivity contribution in [2.24, 2.45) is 0 Å².